The lowest BCUT2D eigenvalue weighted by molar-refractivity contribution is -0.121. The van der Waals surface area contributed by atoms with Gasteiger partial charge in [0.25, 0.3) is 0 Å². The monoisotopic (exact) mass is 214 g/mol. The highest BCUT2D eigenvalue weighted by molar-refractivity contribution is 5.76. The van der Waals surface area contributed by atoms with Gasteiger partial charge in [-0.2, -0.15) is 0 Å². The molecule has 0 saturated heterocycles. The van der Waals surface area contributed by atoms with Crippen molar-refractivity contribution < 1.29 is 9.90 Å². The first-order chi connectivity index (χ1) is 7.03. The molecule has 0 unspecified atom stereocenters. The number of carbonyl (C=O) groups is 1. The van der Waals surface area contributed by atoms with Crippen LogP contribution in [0, 0.1) is 0 Å². The summed E-state index contributed by atoms with van der Waals surface area (Å²) in [5.41, 5.74) is -0.0887. The van der Waals surface area contributed by atoms with Crippen LogP contribution in [0.3, 0.4) is 0 Å². The minimum absolute atomic E-state index is 0.0887. The summed E-state index contributed by atoms with van der Waals surface area (Å²) in [5, 5.41) is 15.0. The Balaban J connectivity index is 2.05. The van der Waals surface area contributed by atoms with Gasteiger partial charge in [0.2, 0.25) is 5.91 Å². The Morgan fingerprint density at radius 2 is 2.13 bits per heavy atom. The van der Waals surface area contributed by atoms with Crippen molar-refractivity contribution in [3.05, 3.63) is 0 Å². The smallest absolute Gasteiger partial charge is 0.221 e. The molecule has 0 radical (unpaired) electrons. The van der Waals surface area contributed by atoms with Gasteiger partial charge in [-0.3, -0.25) is 4.79 Å². The highest BCUT2D eigenvalue weighted by Crippen LogP contribution is 2.18. The third-order valence-electron chi connectivity index (χ3n) is 2.63. The average Bonchev–Trinajstić information content (AvgIpc) is 2.87. The fourth-order valence-electron chi connectivity index (χ4n) is 1.41. The van der Waals surface area contributed by atoms with Gasteiger partial charge in [0.1, 0.15) is 0 Å². The van der Waals surface area contributed by atoms with Crippen LogP contribution < -0.4 is 10.6 Å². The molecule has 1 aliphatic carbocycles. The summed E-state index contributed by atoms with van der Waals surface area (Å²) in [7, 11) is 0. The van der Waals surface area contributed by atoms with Crippen molar-refractivity contribution >= 4 is 5.91 Å². The van der Waals surface area contributed by atoms with E-state index in [4.69, 9.17) is 5.11 Å². The molecular weight excluding hydrogens is 192 g/mol. The van der Waals surface area contributed by atoms with Crippen LogP contribution >= 0.6 is 0 Å². The fraction of sp³-hybridized carbons (Fsp3) is 0.909. The highest BCUT2D eigenvalue weighted by Gasteiger charge is 2.23. The lowest BCUT2D eigenvalue weighted by atomic mass is 10.0. The molecule has 0 aliphatic heterocycles. The molecular formula is C11H22N2O2. The van der Waals surface area contributed by atoms with Crippen LogP contribution in [0.5, 0.6) is 0 Å². The molecule has 1 amide bonds. The molecule has 0 atom stereocenters. The molecule has 0 bridgehead atoms. The SMILES string of the molecule is CC(C)(CCO)NCCC(=O)NC1CC1. The number of carbonyl (C=O) groups excluding carboxylic acids is 1. The van der Waals surface area contributed by atoms with Gasteiger partial charge >= 0.3 is 0 Å². The Labute approximate surface area is 91.4 Å². The molecule has 4 heteroatoms. The standard InChI is InChI=1S/C11H22N2O2/c1-11(2,6-8-14)12-7-5-10(15)13-9-3-4-9/h9,12,14H,3-8H2,1-2H3,(H,13,15). The number of hydrogen-bond acceptors (Lipinski definition) is 3. The van der Waals surface area contributed by atoms with Gasteiger partial charge in [-0.15, -0.1) is 0 Å². The summed E-state index contributed by atoms with van der Waals surface area (Å²) in [6, 6.07) is 0.447. The average molecular weight is 214 g/mol. The van der Waals surface area contributed by atoms with Crippen LogP contribution in [0.15, 0.2) is 0 Å². The van der Waals surface area contributed by atoms with E-state index < -0.39 is 0 Å². The molecule has 1 fully saturated rings. The fourth-order valence-corrected chi connectivity index (χ4v) is 1.41. The second-order valence-corrected chi connectivity index (χ2v) is 4.88. The first-order valence-corrected chi connectivity index (χ1v) is 5.69. The molecule has 0 aromatic carbocycles. The molecule has 0 spiro atoms. The van der Waals surface area contributed by atoms with Gasteiger partial charge in [0.05, 0.1) is 0 Å². The zero-order valence-electron chi connectivity index (χ0n) is 9.68. The Hall–Kier alpha value is -0.610. The van der Waals surface area contributed by atoms with Crippen LogP contribution in [0.25, 0.3) is 0 Å². The van der Waals surface area contributed by atoms with Crippen LogP contribution in [-0.4, -0.2) is 35.7 Å². The van der Waals surface area contributed by atoms with Crippen molar-refractivity contribution in [3.63, 3.8) is 0 Å². The lowest BCUT2D eigenvalue weighted by Crippen LogP contribution is -2.42. The number of aliphatic hydroxyl groups is 1. The molecule has 1 saturated carbocycles. The van der Waals surface area contributed by atoms with E-state index in [0.717, 1.165) is 12.8 Å². The Kier molecular flexibility index (Phi) is 4.54. The molecule has 1 aliphatic rings. The summed E-state index contributed by atoms with van der Waals surface area (Å²) in [5.74, 6) is 0.129. The van der Waals surface area contributed by atoms with Crippen molar-refractivity contribution in [1.29, 1.82) is 0 Å². The van der Waals surface area contributed by atoms with Gasteiger partial charge in [-0.05, 0) is 33.1 Å². The minimum Gasteiger partial charge on any atom is -0.396 e. The van der Waals surface area contributed by atoms with Crippen molar-refractivity contribution in [2.24, 2.45) is 0 Å². The number of hydrogen-bond donors (Lipinski definition) is 3. The number of aliphatic hydroxyl groups excluding tert-OH is 1. The first-order valence-electron chi connectivity index (χ1n) is 5.69. The Bertz CT molecular complexity index is 213. The van der Waals surface area contributed by atoms with E-state index in [1.54, 1.807) is 0 Å². The summed E-state index contributed by atoms with van der Waals surface area (Å²) < 4.78 is 0. The Morgan fingerprint density at radius 1 is 1.47 bits per heavy atom. The van der Waals surface area contributed by atoms with Gasteiger partial charge < -0.3 is 15.7 Å². The van der Waals surface area contributed by atoms with Crippen LogP contribution in [0.2, 0.25) is 0 Å². The van der Waals surface area contributed by atoms with Crippen molar-refractivity contribution in [3.8, 4) is 0 Å². The van der Waals surface area contributed by atoms with Gasteiger partial charge in [-0.1, -0.05) is 0 Å². The van der Waals surface area contributed by atoms with Crippen LogP contribution in [0.4, 0.5) is 0 Å². The van der Waals surface area contributed by atoms with Gasteiger partial charge in [0, 0.05) is 31.2 Å². The van der Waals surface area contributed by atoms with E-state index >= 15 is 0 Å². The number of nitrogens with one attached hydrogen (secondary N) is 2. The van der Waals surface area contributed by atoms with Crippen molar-refractivity contribution in [1.82, 2.24) is 10.6 Å². The Morgan fingerprint density at radius 3 is 2.67 bits per heavy atom. The summed E-state index contributed by atoms with van der Waals surface area (Å²) >= 11 is 0. The highest BCUT2D eigenvalue weighted by atomic mass is 16.3. The van der Waals surface area contributed by atoms with E-state index in [-0.39, 0.29) is 18.1 Å². The molecule has 0 aromatic rings. The second kappa shape index (κ2) is 5.47. The van der Waals surface area contributed by atoms with Crippen molar-refractivity contribution in [2.45, 2.75) is 51.1 Å². The van der Waals surface area contributed by atoms with E-state index in [9.17, 15) is 4.79 Å². The zero-order chi connectivity index (χ0) is 11.3. The quantitative estimate of drug-likeness (QED) is 0.575. The molecule has 88 valence electrons. The number of rotatable bonds is 7. The third-order valence-corrected chi connectivity index (χ3v) is 2.63. The molecule has 0 aromatic heterocycles. The molecule has 4 nitrogen and oxygen atoms in total. The topological polar surface area (TPSA) is 61.4 Å². The molecule has 15 heavy (non-hydrogen) atoms. The molecule has 0 heterocycles. The second-order valence-electron chi connectivity index (χ2n) is 4.88. The van der Waals surface area contributed by atoms with E-state index in [2.05, 4.69) is 10.6 Å². The first kappa shape index (κ1) is 12.5. The van der Waals surface area contributed by atoms with Crippen molar-refractivity contribution in [2.75, 3.05) is 13.2 Å². The van der Waals surface area contributed by atoms with Crippen LogP contribution in [0.1, 0.15) is 39.5 Å². The normalized spacial score (nSPS) is 16.5. The van der Waals surface area contributed by atoms with Crippen LogP contribution in [-0.2, 0) is 4.79 Å². The third kappa shape index (κ3) is 5.74. The molecule has 3 N–H and O–H groups in total. The predicted molar refractivity (Wildman–Crippen MR) is 59.6 cm³/mol. The maximum atomic E-state index is 11.3. The maximum absolute atomic E-state index is 11.3. The summed E-state index contributed by atoms with van der Waals surface area (Å²) in [6.45, 7) is 4.91. The van der Waals surface area contributed by atoms with Gasteiger partial charge in [0.15, 0.2) is 0 Å². The largest absolute Gasteiger partial charge is 0.396 e. The van der Waals surface area contributed by atoms with Gasteiger partial charge in [-0.25, -0.2) is 0 Å². The lowest BCUT2D eigenvalue weighted by Gasteiger charge is -2.25. The predicted octanol–water partition coefficient (Wildman–Crippen LogP) is 0.406. The maximum Gasteiger partial charge on any atom is 0.221 e. The summed E-state index contributed by atoms with van der Waals surface area (Å²) in [6.07, 6.45) is 3.49. The minimum atomic E-state index is -0.0887. The van der Waals surface area contributed by atoms with E-state index in [0.29, 0.717) is 25.4 Å². The van der Waals surface area contributed by atoms with E-state index in [1.807, 2.05) is 13.8 Å². The van der Waals surface area contributed by atoms with E-state index in [1.165, 1.54) is 0 Å². The zero-order valence-corrected chi connectivity index (χ0v) is 9.68. The summed E-state index contributed by atoms with van der Waals surface area (Å²) in [4.78, 5) is 11.3. The number of amides is 1. The molecule has 1 rings (SSSR count).